The van der Waals surface area contributed by atoms with Crippen LogP contribution in [0.3, 0.4) is 0 Å². The normalized spacial score (nSPS) is 13.4. The second-order valence-corrected chi connectivity index (χ2v) is 6.08. The van der Waals surface area contributed by atoms with E-state index in [-0.39, 0.29) is 5.69 Å². The Morgan fingerprint density at radius 1 is 1.07 bits per heavy atom. The zero-order valence-corrected chi connectivity index (χ0v) is 15.4. The first-order chi connectivity index (χ1) is 13.3. The van der Waals surface area contributed by atoms with Crippen molar-refractivity contribution in [3.05, 3.63) is 52.7 Å². The maximum Gasteiger partial charge on any atom is 0.333 e. The van der Waals surface area contributed by atoms with Gasteiger partial charge in [0.1, 0.15) is 17.1 Å². The summed E-state index contributed by atoms with van der Waals surface area (Å²) in [6, 6.07) is 7.48. The minimum absolute atomic E-state index is 0.284. The van der Waals surface area contributed by atoms with Crippen molar-refractivity contribution in [3.63, 3.8) is 0 Å². The van der Waals surface area contributed by atoms with Crippen LogP contribution in [0.1, 0.15) is 32.3 Å². The zero-order valence-electron chi connectivity index (χ0n) is 15.4. The van der Waals surface area contributed by atoms with Crippen molar-refractivity contribution in [3.8, 4) is 11.6 Å². The molecular formula is C20H21N5O2. The fourth-order valence-electron chi connectivity index (χ4n) is 3.33. The van der Waals surface area contributed by atoms with Crippen molar-refractivity contribution in [2.45, 2.75) is 33.1 Å². The Morgan fingerprint density at radius 3 is 2.81 bits per heavy atom. The second kappa shape index (κ2) is 7.19. The number of hydrogen-bond acceptors (Lipinski definition) is 5. The third-order valence-corrected chi connectivity index (χ3v) is 4.52. The first-order valence-corrected chi connectivity index (χ1v) is 9.29. The SMILES string of the molecule is CC.O=c1[nH]c2nccc3c2n1-c1ccc2nccc(c2n1)CCCCO3. The molecule has 0 saturated heterocycles. The Balaban J connectivity index is 0.000000872. The first-order valence-electron chi connectivity index (χ1n) is 9.29. The van der Waals surface area contributed by atoms with Crippen molar-refractivity contribution < 1.29 is 4.74 Å². The molecule has 2 bridgehead atoms. The van der Waals surface area contributed by atoms with Gasteiger partial charge in [-0.1, -0.05) is 13.8 Å². The van der Waals surface area contributed by atoms with E-state index < -0.39 is 0 Å². The Kier molecular flexibility index (Phi) is 4.58. The number of rotatable bonds is 0. The molecule has 5 rings (SSSR count). The number of hydrogen-bond donors (Lipinski definition) is 1. The highest BCUT2D eigenvalue weighted by Gasteiger charge is 2.17. The predicted molar refractivity (Wildman–Crippen MR) is 105 cm³/mol. The molecule has 0 aromatic carbocycles. The topological polar surface area (TPSA) is 85.7 Å². The molecule has 4 aromatic heterocycles. The molecule has 7 nitrogen and oxygen atoms in total. The second-order valence-electron chi connectivity index (χ2n) is 6.08. The molecule has 138 valence electrons. The van der Waals surface area contributed by atoms with Crippen LogP contribution >= 0.6 is 0 Å². The van der Waals surface area contributed by atoms with Gasteiger partial charge in [-0.05, 0) is 43.0 Å². The number of pyridine rings is 3. The summed E-state index contributed by atoms with van der Waals surface area (Å²) in [5.74, 6) is 1.17. The Morgan fingerprint density at radius 2 is 1.93 bits per heavy atom. The van der Waals surface area contributed by atoms with Crippen molar-refractivity contribution in [2.75, 3.05) is 6.61 Å². The maximum atomic E-state index is 12.6. The lowest BCUT2D eigenvalue weighted by atomic mass is 10.1. The molecule has 1 aliphatic rings. The molecule has 0 unspecified atom stereocenters. The van der Waals surface area contributed by atoms with E-state index in [0.717, 1.165) is 35.9 Å². The van der Waals surface area contributed by atoms with Crippen LogP contribution < -0.4 is 10.4 Å². The fourth-order valence-corrected chi connectivity index (χ4v) is 3.33. The van der Waals surface area contributed by atoms with Crippen molar-refractivity contribution >= 4 is 22.2 Å². The van der Waals surface area contributed by atoms with Crippen molar-refractivity contribution in [1.29, 1.82) is 0 Å². The average Bonchev–Trinajstić information content (AvgIpc) is 3.04. The highest BCUT2D eigenvalue weighted by Crippen LogP contribution is 2.26. The van der Waals surface area contributed by atoms with E-state index in [1.54, 1.807) is 24.5 Å². The fraction of sp³-hybridized carbons (Fsp3) is 0.300. The molecular weight excluding hydrogens is 342 g/mol. The van der Waals surface area contributed by atoms with Gasteiger partial charge in [-0.15, -0.1) is 0 Å². The van der Waals surface area contributed by atoms with Gasteiger partial charge in [-0.3, -0.25) is 9.97 Å². The third-order valence-electron chi connectivity index (χ3n) is 4.52. The highest BCUT2D eigenvalue weighted by molar-refractivity contribution is 5.82. The molecule has 1 N–H and O–H groups in total. The largest absolute Gasteiger partial charge is 0.491 e. The summed E-state index contributed by atoms with van der Waals surface area (Å²) >= 11 is 0. The standard InChI is InChI=1S/C18H15N5O2.C2H6/c24-18-22-17-16-13(7-9-20-17)25-10-2-1-3-11-6-8-19-12-4-5-14(23(16)18)21-15(11)12;1-2/h4-9H,1-3,10H2,(H,20,22,24);1-2H3. The molecule has 0 aliphatic carbocycles. The van der Waals surface area contributed by atoms with E-state index in [4.69, 9.17) is 9.72 Å². The van der Waals surface area contributed by atoms with E-state index in [9.17, 15) is 4.79 Å². The lowest BCUT2D eigenvalue weighted by molar-refractivity contribution is 0.309. The number of imidazole rings is 1. The van der Waals surface area contributed by atoms with Crippen LogP contribution in [0, 0.1) is 0 Å². The van der Waals surface area contributed by atoms with Gasteiger partial charge in [0.2, 0.25) is 0 Å². The molecule has 4 aromatic rings. The molecule has 27 heavy (non-hydrogen) atoms. The summed E-state index contributed by atoms with van der Waals surface area (Å²) in [5.41, 5.74) is 3.64. The lowest BCUT2D eigenvalue weighted by Crippen LogP contribution is -2.16. The molecule has 1 aliphatic heterocycles. The number of aryl methyl sites for hydroxylation is 1. The van der Waals surface area contributed by atoms with E-state index in [0.29, 0.717) is 29.3 Å². The smallest absolute Gasteiger partial charge is 0.333 e. The third kappa shape index (κ3) is 2.95. The maximum absolute atomic E-state index is 12.6. The first kappa shape index (κ1) is 17.2. The number of nitrogens with zero attached hydrogens (tertiary/aromatic N) is 4. The van der Waals surface area contributed by atoms with Crippen molar-refractivity contribution in [2.24, 2.45) is 0 Å². The minimum atomic E-state index is -0.284. The van der Waals surface area contributed by atoms with Gasteiger partial charge in [-0.2, -0.15) is 0 Å². The summed E-state index contributed by atoms with van der Waals surface area (Å²) in [5, 5.41) is 0. The van der Waals surface area contributed by atoms with Crippen LogP contribution in [-0.2, 0) is 6.42 Å². The number of nitrogens with one attached hydrogen (secondary N) is 1. The quantitative estimate of drug-likeness (QED) is 0.517. The Bertz CT molecular complexity index is 1160. The van der Waals surface area contributed by atoms with Gasteiger partial charge in [0.25, 0.3) is 0 Å². The van der Waals surface area contributed by atoms with Crippen LogP contribution in [0.25, 0.3) is 28.0 Å². The molecule has 7 heteroatoms. The monoisotopic (exact) mass is 363 g/mol. The van der Waals surface area contributed by atoms with Gasteiger partial charge in [0.15, 0.2) is 5.65 Å². The van der Waals surface area contributed by atoms with Crippen molar-refractivity contribution in [1.82, 2.24) is 24.5 Å². The molecule has 0 amide bonds. The minimum Gasteiger partial charge on any atom is -0.491 e. The lowest BCUT2D eigenvalue weighted by Gasteiger charge is -2.12. The van der Waals surface area contributed by atoms with Crippen LogP contribution in [-0.4, -0.2) is 31.1 Å². The molecule has 0 spiro atoms. The van der Waals surface area contributed by atoms with E-state index in [1.165, 1.54) is 4.57 Å². The number of aromatic amines is 1. The van der Waals surface area contributed by atoms with Crippen LogP contribution in [0.2, 0.25) is 0 Å². The Labute approximate surface area is 156 Å². The number of ether oxygens (including phenoxy) is 1. The van der Waals surface area contributed by atoms with E-state index in [2.05, 4.69) is 15.0 Å². The van der Waals surface area contributed by atoms with Crippen LogP contribution in [0.4, 0.5) is 0 Å². The summed E-state index contributed by atoms with van der Waals surface area (Å²) in [4.78, 5) is 28.7. The summed E-state index contributed by atoms with van der Waals surface area (Å²) < 4.78 is 7.45. The average molecular weight is 363 g/mol. The van der Waals surface area contributed by atoms with Gasteiger partial charge < -0.3 is 4.74 Å². The molecule has 0 fully saturated rings. The van der Waals surface area contributed by atoms with Crippen LogP contribution in [0.5, 0.6) is 5.75 Å². The van der Waals surface area contributed by atoms with Gasteiger partial charge in [0, 0.05) is 18.5 Å². The number of aromatic nitrogens is 5. The molecule has 5 heterocycles. The van der Waals surface area contributed by atoms with Gasteiger partial charge in [-0.25, -0.2) is 19.3 Å². The van der Waals surface area contributed by atoms with Crippen LogP contribution in [0.15, 0.2) is 41.5 Å². The molecule has 0 saturated carbocycles. The summed E-state index contributed by atoms with van der Waals surface area (Å²) in [7, 11) is 0. The summed E-state index contributed by atoms with van der Waals surface area (Å²) in [6.07, 6.45) is 6.27. The highest BCUT2D eigenvalue weighted by atomic mass is 16.5. The number of H-pyrrole nitrogens is 1. The number of fused-ring (bicyclic) bond motifs is 2. The van der Waals surface area contributed by atoms with Gasteiger partial charge in [0.05, 0.1) is 17.6 Å². The Hall–Kier alpha value is -3.22. The van der Waals surface area contributed by atoms with E-state index in [1.807, 2.05) is 26.0 Å². The zero-order chi connectivity index (χ0) is 18.8. The molecule has 0 radical (unpaired) electrons. The molecule has 0 atom stereocenters. The summed E-state index contributed by atoms with van der Waals surface area (Å²) in [6.45, 7) is 4.59. The van der Waals surface area contributed by atoms with E-state index >= 15 is 0 Å². The predicted octanol–water partition coefficient (Wildman–Crippen LogP) is 3.40. The van der Waals surface area contributed by atoms with Gasteiger partial charge >= 0.3 is 5.69 Å².